The minimum absolute atomic E-state index is 0.0456. The Morgan fingerprint density at radius 1 is 1.48 bits per heavy atom. The zero-order chi connectivity index (χ0) is 19.4. The first-order valence-electron chi connectivity index (χ1n) is 9.41. The highest BCUT2D eigenvalue weighted by molar-refractivity contribution is 6.09. The molecule has 0 bridgehead atoms. The Balaban J connectivity index is 1.96. The molecular formula is C20H27N5O2. The van der Waals surface area contributed by atoms with E-state index in [4.69, 9.17) is 9.73 Å². The second kappa shape index (κ2) is 8.43. The van der Waals surface area contributed by atoms with E-state index in [1.165, 1.54) is 0 Å². The van der Waals surface area contributed by atoms with Gasteiger partial charge in [0.25, 0.3) is 0 Å². The summed E-state index contributed by atoms with van der Waals surface area (Å²) in [5.74, 6) is 0.446. The topological polar surface area (TPSA) is 83.5 Å². The van der Waals surface area contributed by atoms with Gasteiger partial charge in [-0.15, -0.1) is 11.7 Å². The molecule has 0 saturated carbocycles. The molecule has 1 N–H and O–H groups in total. The number of Topliss-reactive ketones (excluding diaryl/α,β-unsaturated/α-hetero) is 1. The van der Waals surface area contributed by atoms with Crippen molar-refractivity contribution in [1.82, 2.24) is 20.3 Å². The molecule has 1 aliphatic rings. The van der Waals surface area contributed by atoms with Crippen molar-refractivity contribution in [3.05, 3.63) is 35.9 Å². The number of rotatable bonds is 7. The number of aliphatic imine (C=N–C) groups is 1. The fourth-order valence-electron chi connectivity index (χ4n) is 3.47. The number of H-pyrrole nitrogens is 1. The van der Waals surface area contributed by atoms with Crippen LogP contribution in [0.5, 0.6) is 0 Å². The molecule has 0 amide bonds. The first-order valence-corrected chi connectivity index (χ1v) is 9.41. The summed E-state index contributed by atoms with van der Waals surface area (Å²) < 4.78 is 6.01. The van der Waals surface area contributed by atoms with Crippen LogP contribution in [0.4, 0.5) is 0 Å². The summed E-state index contributed by atoms with van der Waals surface area (Å²) in [5.41, 5.74) is 2.64. The molecule has 1 atom stereocenters. The van der Waals surface area contributed by atoms with Crippen LogP contribution < -0.4 is 0 Å². The van der Waals surface area contributed by atoms with E-state index in [0.717, 1.165) is 31.4 Å². The van der Waals surface area contributed by atoms with Crippen molar-refractivity contribution in [2.75, 3.05) is 19.6 Å². The van der Waals surface area contributed by atoms with E-state index in [2.05, 4.69) is 26.9 Å². The summed E-state index contributed by atoms with van der Waals surface area (Å²) in [5, 5.41) is 10.7. The van der Waals surface area contributed by atoms with E-state index in [1.54, 1.807) is 13.0 Å². The third kappa shape index (κ3) is 4.42. The summed E-state index contributed by atoms with van der Waals surface area (Å²) in [6, 6.07) is 3.96. The van der Waals surface area contributed by atoms with Gasteiger partial charge >= 0.3 is 0 Å². The van der Waals surface area contributed by atoms with Gasteiger partial charge in [0.1, 0.15) is 5.52 Å². The lowest BCUT2D eigenvalue weighted by Crippen LogP contribution is -2.32. The normalized spacial score (nSPS) is 18.4. The average molecular weight is 369 g/mol. The van der Waals surface area contributed by atoms with Gasteiger partial charge in [-0.05, 0) is 52.3 Å². The maximum absolute atomic E-state index is 12.2. The van der Waals surface area contributed by atoms with Gasteiger partial charge in [-0.25, -0.2) is 4.99 Å². The molecule has 1 fully saturated rings. The number of nitrogens with one attached hydrogen (secondary N) is 1. The molecule has 2 heterocycles. The summed E-state index contributed by atoms with van der Waals surface area (Å²) >= 11 is 0. The molecule has 0 radical (unpaired) electrons. The van der Waals surface area contributed by atoms with E-state index in [-0.39, 0.29) is 11.9 Å². The number of ketones is 1. The van der Waals surface area contributed by atoms with E-state index < -0.39 is 0 Å². The lowest BCUT2D eigenvalue weighted by molar-refractivity contribution is 0.101. The number of hydrogen-bond donors (Lipinski definition) is 1. The van der Waals surface area contributed by atoms with Gasteiger partial charge in [0, 0.05) is 23.7 Å². The number of hydrogen-bond acceptors (Lipinski definition) is 6. The number of aromatic nitrogens is 3. The van der Waals surface area contributed by atoms with Crippen molar-refractivity contribution in [2.45, 2.75) is 45.8 Å². The first-order chi connectivity index (χ1) is 13.0. The third-order valence-corrected chi connectivity index (χ3v) is 4.73. The zero-order valence-corrected chi connectivity index (χ0v) is 16.2. The molecule has 1 unspecified atom stereocenters. The molecule has 0 aliphatic carbocycles. The zero-order valence-electron chi connectivity index (χ0n) is 16.2. The molecule has 3 rings (SSSR count). The fraction of sp³-hybridized carbons (Fsp3) is 0.500. The second-order valence-electron chi connectivity index (χ2n) is 7.18. The van der Waals surface area contributed by atoms with Gasteiger partial charge in [0.15, 0.2) is 5.78 Å². The van der Waals surface area contributed by atoms with Crippen LogP contribution in [0.15, 0.2) is 29.8 Å². The van der Waals surface area contributed by atoms with Crippen LogP contribution in [0, 0.1) is 0 Å². The van der Waals surface area contributed by atoms with E-state index >= 15 is 0 Å². The molecule has 7 heteroatoms. The first kappa shape index (κ1) is 19.2. The Bertz CT molecular complexity index is 855. The summed E-state index contributed by atoms with van der Waals surface area (Å²) in [7, 11) is 0. The quantitative estimate of drug-likeness (QED) is 0.351. The SMILES string of the molecule is C=CCN1CCCC1C/N=C(\OC(C)C)c1cc2nn[nH]c2cc1C(C)=O. The Kier molecular flexibility index (Phi) is 6.01. The number of carbonyl (C=O) groups is 1. The highest BCUT2D eigenvalue weighted by Gasteiger charge is 2.24. The molecule has 2 aromatic rings. The number of nitrogens with zero attached hydrogens (tertiary/aromatic N) is 4. The lowest BCUT2D eigenvalue weighted by atomic mass is 10.0. The minimum atomic E-state index is -0.0515. The largest absolute Gasteiger partial charge is 0.475 e. The highest BCUT2D eigenvalue weighted by atomic mass is 16.5. The van der Waals surface area contributed by atoms with Gasteiger partial charge in [-0.3, -0.25) is 14.8 Å². The van der Waals surface area contributed by atoms with Crippen LogP contribution in [0.3, 0.4) is 0 Å². The van der Waals surface area contributed by atoms with Crippen molar-refractivity contribution in [1.29, 1.82) is 0 Å². The minimum Gasteiger partial charge on any atom is -0.475 e. The molecule has 0 spiro atoms. The molecular weight excluding hydrogens is 342 g/mol. The van der Waals surface area contributed by atoms with Gasteiger partial charge < -0.3 is 4.74 Å². The number of carbonyl (C=O) groups excluding carboxylic acids is 1. The van der Waals surface area contributed by atoms with Crippen LogP contribution >= 0.6 is 0 Å². The van der Waals surface area contributed by atoms with E-state index in [9.17, 15) is 4.79 Å². The van der Waals surface area contributed by atoms with Crippen LogP contribution in [0.25, 0.3) is 11.0 Å². The Morgan fingerprint density at radius 3 is 3.00 bits per heavy atom. The van der Waals surface area contributed by atoms with Crippen molar-refractivity contribution in [2.24, 2.45) is 4.99 Å². The van der Waals surface area contributed by atoms with Gasteiger partial charge in [0.2, 0.25) is 5.90 Å². The number of fused-ring (bicyclic) bond motifs is 1. The molecule has 1 aromatic carbocycles. The number of likely N-dealkylation sites (tertiary alicyclic amines) is 1. The van der Waals surface area contributed by atoms with Crippen LogP contribution in [-0.4, -0.2) is 63.8 Å². The van der Waals surface area contributed by atoms with Crippen molar-refractivity contribution < 1.29 is 9.53 Å². The van der Waals surface area contributed by atoms with E-state index in [1.807, 2.05) is 26.0 Å². The predicted octanol–water partition coefficient (Wildman–Crippen LogP) is 2.98. The maximum Gasteiger partial charge on any atom is 0.217 e. The Hall–Kier alpha value is -2.54. The molecule has 7 nitrogen and oxygen atoms in total. The van der Waals surface area contributed by atoms with E-state index in [0.29, 0.717) is 35.1 Å². The van der Waals surface area contributed by atoms with Gasteiger partial charge in [0.05, 0.1) is 18.2 Å². The number of ether oxygens (including phenoxy) is 1. The van der Waals surface area contributed by atoms with Crippen LogP contribution in [0.2, 0.25) is 0 Å². The molecule has 1 aromatic heterocycles. The Morgan fingerprint density at radius 2 is 2.30 bits per heavy atom. The smallest absolute Gasteiger partial charge is 0.217 e. The average Bonchev–Trinajstić information content (AvgIpc) is 3.26. The number of benzene rings is 1. The second-order valence-corrected chi connectivity index (χ2v) is 7.18. The summed E-state index contributed by atoms with van der Waals surface area (Å²) in [6.45, 7) is 11.9. The lowest BCUT2D eigenvalue weighted by Gasteiger charge is -2.22. The number of aromatic amines is 1. The third-order valence-electron chi connectivity index (χ3n) is 4.73. The van der Waals surface area contributed by atoms with Crippen molar-refractivity contribution in [3.63, 3.8) is 0 Å². The van der Waals surface area contributed by atoms with Crippen LogP contribution in [-0.2, 0) is 4.74 Å². The molecule has 144 valence electrons. The maximum atomic E-state index is 12.2. The van der Waals surface area contributed by atoms with Gasteiger partial charge in [-0.1, -0.05) is 11.3 Å². The molecule has 27 heavy (non-hydrogen) atoms. The monoisotopic (exact) mass is 369 g/mol. The van der Waals surface area contributed by atoms with Gasteiger partial charge in [-0.2, -0.15) is 0 Å². The Labute approximate surface area is 159 Å². The van der Waals surface area contributed by atoms with Crippen LogP contribution in [0.1, 0.15) is 49.5 Å². The predicted molar refractivity (Wildman–Crippen MR) is 106 cm³/mol. The van der Waals surface area contributed by atoms with Crippen molar-refractivity contribution >= 4 is 22.7 Å². The standard InChI is InChI=1S/C20H27N5O2/c1-5-8-25-9-6-7-15(25)12-21-20(27-13(2)3)17-11-19-18(22-24-23-19)10-16(17)14(4)26/h5,10-11,13,15H,1,6-9,12H2,2-4H3,(H,22,23,24)/b21-20-. The summed E-state index contributed by atoms with van der Waals surface area (Å²) in [4.78, 5) is 19.4. The summed E-state index contributed by atoms with van der Waals surface area (Å²) in [6.07, 6.45) is 4.15. The van der Waals surface area contributed by atoms with Crippen molar-refractivity contribution in [3.8, 4) is 0 Å². The molecule has 1 saturated heterocycles. The fourth-order valence-corrected chi connectivity index (χ4v) is 3.47. The molecule has 1 aliphatic heterocycles. The highest BCUT2D eigenvalue weighted by Crippen LogP contribution is 2.21.